The molecule has 1 heterocycles. The number of ether oxygens (including phenoxy) is 2. The Hall–Kier alpha value is -4.21. The summed E-state index contributed by atoms with van der Waals surface area (Å²) < 4.78 is 9.35. The summed E-state index contributed by atoms with van der Waals surface area (Å²) in [6.45, 7) is 3.09. The summed E-state index contributed by atoms with van der Waals surface area (Å²) in [5.41, 5.74) is 0.532. The predicted molar refractivity (Wildman–Crippen MR) is 126 cm³/mol. The van der Waals surface area contributed by atoms with E-state index in [2.05, 4.69) is 27.0 Å². The Morgan fingerprint density at radius 2 is 1.54 bits per heavy atom. The molecule has 0 aromatic heterocycles. The number of nitrogens with one attached hydrogen (secondary N) is 2. The Morgan fingerprint density at radius 3 is 2.06 bits per heavy atom. The summed E-state index contributed by atoms with van der Waals surface area (Å²) in [4.78, 5) is 63.2. The van der Waals surface area contributed by atoms with Crippen LogP contribution in [0.1, 0.15) is 52.1 Å². The third kappa shape index (κ3) is 5.32. The maximum absolute atomic E-state index is 13.1. The van der Waals surface area contributed by atoms with Crippen LogP contribution in [0, 0.1) is 0 Å². The summed E-state index contributed by atoms with van der Waals surface area (Å²) in [5.74, 6) is -2.71. The summed E-state index contributed by atoms with van der Waals surface area (Å²) in [6.07, 6.45) is 1.89. The van der Waals surface area contributed by atoms with E-state index in [9.17, 15) is 24.0 Å². The van der Waals surface area contributed by atoms with Gasteiger partial charge in [-0.25, -0.2) is 14.4 Å². The fourth-order valence-corrected chi connectivity index (χ4v) is 3.84. The van der Waals surface area contributed by atoms with Gasteiger partial charge in [-0.2, -0.15) is 0 Å². The van der Waals surface area contributed by atoms with Gasteiger partial charge in [-0.15, -0.1) is 0 Å². The largest absolute Gasteiger partial charge is 0.465 e. The number of methoxy groups -OCH3 is 2. The maximum atomic E-state index is 13.1. The molecule has 1 atom stereocenters. The second-order valence-corrected chi connectivity index (χ2v) is 8.22. The molecule has 1 aliphatic heterocycles. The number of urea groups is 1. The Labute approximate surface area is 202 Å². The Kier molecular flexibility index (Phi) is 7.53. The van der Waals surface area contributed by atoms with Crippen molar-refractivity contribution >= 4 is 35.5 Å². The lowest BCUT2D eigenvalue weighted by molar-refractivity contribution is -0.133. The van der Waals surface area contributed by atoms with Crippen LogP contribution in [-0.4, -0.2) is 55.4 Å². The van der Waals surface area contributed by atoms with E-state index in [-0.39, 0.29) is 16.8 Å². The molecule has 0 aliphatic carbocycles. The highest BCUT2D eigenvalue weighted by Gasteiger charge is 2.49. The third-order valence-corrected chi connectivity index (χ3v) is 5.71. The number of carbonyl (C=O) groups is 5. The van der Waals surface area contributed by atoms with E-state index in [1.165, 1.54) is 32.4 Å². The number of carbonyl (C=O) groups excluding carboxylic acids is 5. The molecule has 184 valence electrons. The lowest BCUT2D eigenvalue weighted by Gasteiger charge is -2.22. The van der Waals surface area contributed by atoms with Crippen molar-refractivity contribution in [2.45, 2.75) is 32.2 Å². The molecule has 0 bridgehead atoms. The van der Waals surface area contributed by atoms with Crippen molar-refractivity contribution in [3.05, 3.63) is 64.7 Å². The molecule has 10 nitrogen and oxygen atoms in total. The number of anilines is 1. The molecule has 35 heavy (non-hydrogen) atoms. The lowest BCUT2D eigenvalue weighted by atomic mass is 9.91. The molecular formula is C25H27N3O7. The van der Waals surface area contributed by atoms with Crippen LogP contribution in [0.5, 0.6) is 0 Å². The number of nitrogens with zero attached hydrogens (tertiary/aromatic N) is 1. The van der Waals surface area contributed by atoms with Crippen molar-refractivity contribution in [3.63, 3.8) is 0 Å². The van der Waals surface area contributed by atoms with E-state index in [1.807, 2.05) is 12.1 Å². The maximum Gasteiger partial charge on any atom is 0.337 e. The zero-order valence-corrected chi connectivity index (χ0v) is 20.0. The van der Waals surface area contributed by atoms with Gasteiger partial charge in [0.15, 0.2) is 0 Å². The molecule has 2 aromatic carbocycles. The minimum atomic E-state index is -1.31. The second kappa shape index (κ2) is 10.4. The molecule has 1 unspecified atom stereocenters. The first-order valence-corrected chi connectivity index (χ1v) is 11.0. The van der Waals surface area contributed by atoms with Crippen LogP contribution in [0.3, 0.4) is 0 Å². The molecule has 4 amide bonds. The molecule has 0 spiro atoms. The van der Waals surface area contributed by atoms with Crippen LogP contribution in [0.2, 0.25) is 0 Å². The zero-order chi connectivity index (χ0) is 25.8. The number of hydrogen-bond donors (Lipinski definition) is 2. The van der Waals surface area contributed by atoms with E-state index in [0.29, 0.717) is 5.56 Å². The zero-order valence-electron chi connectivity index (χ0n) is 20.0. The number of imide groups is 1. The van der Waals surface area contributed by atoms with Crippen LogP contribution in [-0.2, 0) is 31.0 Å². The normalized spacial score (nSPS) is 17.1. The van der Waals surface area contributed by atoms with Crippen molar-refractivity contribution in [2.24, 2.45) is 0 Å². The first kappa shape index (κ1) is 25.4. The van der Waals surface area contributed by atoms with E-state index < -0.39 is 41.9 Å². The van der Waals surface area contributed by atoms with Gasteiger partial charge in [0, 0.05) is 5.69 Å². The van der Waals surface area contributed by atoms with Crippen molar-refractivity contribution < 1.29 is 33.4 Å². The van der Waals surface area contributed by atoms with Gasteiger partial charge >= 0.3 is 18.0 Å². The third-order valence-electron chi connectivity index (χ3n) is 5.71. The Bertz CT molecular complexity index is 1140. The topological polar surface area (TPSA) is 131 Å². The Balaban J connectivity index is 1.78. The summed E-state index contributed by atoms with van der Waals surface area (Å²) in [6, 6.07) is 10.6. The number of aryl methyl sites for hydroxylation is 1. The minimum absolute atomic E-state index is 0.0137. The van der Waals surface area contributed by atoms with E-state index in [1.54, 1.807) is 19.1 Å². The van der Waals surface area contributed by atoms with Gasteiger partial charge in [-0.3, -0.25) is 14.5 Å². The van der Waals surface area contributed by atoms with Gasteiger partial charge in [0.1, 0.15) is 12.1 Å². The lowest BCUT2D eigenvalue weighted by Crippen LogP contribution is -2.42. The number of hydrogen-bond acceptors (Lipinski definition) is 7. The van der Waals surface area contributed by atoms with Crippen LogP contribution >= 0.6 is 0 Å². The SMILES string of the molecule is CCCc1ccc(C2(C)NC(=O)N(CC(=O)Nc3cc(C(=O)OC)cc(C(=O)OC)c3)C2=O)cc1. The van der Waals surface area contributed by atoms with Crippen molar-refractivity contribution in [1.82, 2.24) is 10.2 Å². The summed E-state index contributed by atoms with van der Waals surface area (Å²) in [7, 11) is 2.36. The van der Waals surface area contributed by atoms with E-state index in [4.69, 9.17) is 0 Å². The van der Waals surface area contributed by atoms with Gasteiger partial charge < -0.3 is 20.1 Å². The molecule has 1 aliphatic rings. The van der Waals surface area contributed by atoms with E-state index in [0.717, 1.165) is 23.3 Å². The molecule has 0 saturated carbocycles. The first-order chi connectivity index (χ1) is 16.6. The molecule has 2 N–H and O–H groups in total. The smallest absolute Gasteiger partial charge is 0.337 e. The highest BCUT2D eigenvalue weighted by molar-refractivity contribution is 6.10. The van der Waals surface area contributed by atoms with Crippen molar-refractivity contribution in [2.75, 3.05) is 26.1 Å². The van der Waals surface area contributed by atoms with Gasteiger partial charge in [0.2, 0.25) is 5.91 Å². The molecule has 2 aromatic rings. The van der Waals surface area contributed by atoms with Crippen LogP contribution in [0.15, 0.2) is 42.5 Å². The quantitative estimate of drug-likeness (QED) is 0.438. The van der Waals surface area contributed by atoms with Gasteiger partial charge in [0.25, 0.3) is 5.91 Å². The van der Waals surface area contributed by atoms with Crippen LogP contribution < -0.4 is 10.6 Å². The number of esters is 2. The molecule has 3 rings (SSSR count). The van der Waals surface area contributed by atoms with Crippen LogP contribution in [0.4, 0.5) is 10.5 Å². The van der Waals surface area contributed by atoms with Crippen molar-refractivity contribution in [1.29, 1.82) is 0 Å². The van der Waals surface area contributed by atoms with Gasteiger partial charge in [-0.05, 0) is 42.7 Å². The predicted octanol–water partition coefficient (Wildman–Crippen LogP) is 2.62. The van der Waals surface area contributed by atoms with E-state index >= 15 is 0 Å². The molecule has 1 fully saturated rings. The standard InChI is InChI=1S/C25H27N3O7/c1-5-6-15-7-9-18(10-8-15)25(2)23(32)28(24(33)27-25)14-20(29)26-19-12-16(21(30)34-3)11-17(13-19)22(31)35-4/h7-13H,5-6,14H2,1-4H3,(H,26,29)(H,27,33). The second-order valence-electron chi connectivity index (χ2n) is 8.22. The minimum Gasteiger partial charge on any atom is -0.465 e. The number of amides is 4. The molecule has 1 saturated heterocycles. The Morgan fingerprint density at radius 1 is 0.971 bits per heavy atom. The monoisotopic (exact) mass is 481 g/mol. The molecule has 10 heteroatoms. The average Bonchev–Trinajstić information content (AvgIpc) is 3.07. The number of benzene rings is 2. The fourth-order valence-electron chi connectivity index (χ4n) is 3.84. The summed E-state index contributed by atoms with van der Waals surface area (Å²) in [5, 5.41) is 5.17. The first-order valence-electron chi connectivity index (χ1n) is 11.0. The summed E-state index contributed by atoms with van der Waals surface area (Å²) >= 11 is 0. The fraction of sp³-hybridized carbons (Fsp3) is 0.320. The highest BCUT2D eigenvalue weighted by atomic mass is 16.5. The van der Waals surface area contributed by atoms with Gasteiger partial charge in [0.05, 0.1) is 25.3 Å². The van der Waals surface area contributed by atoms with Crippen molar-refractivity contribution in [3.8, 4) is 0 Å². The average molecular weight is 482 g/mol. The molecule has 0 radical (unpaired) electrons. The number of rotatable bonds is 8. The van der Waals surface area contributed by atoms with Crippen LogP contribution in [0.25, 0.3) is 0 Å². The molecular weight excluding hydrogens is 454 g/mol. The van der Waals surface area contributed by atoms with Gasteiger partial charge in [-0.1, -0.05) is 37.6 Å². The highest BCUT2D eigenvalue weighted by Crippen LogP contribution is 2.29.